The molecule has 2 aromatic rings. The molecule has 0 saturated heterocycles. The molecule has 100 valence electrons. The highest BCUT2D eigenvalue weighted by molar-refractivity contribution is 9.09. The summed E-state index contributed by atoms with van der Waals surface area (Å²) in [7, 11) is 1.64. The zero-order valence-corrected chi connectivity index (χ0v) is 13.1. The van der Waals surface area contributed by atoms with Gasteiger partial charge in [0.2, 0.25) is 0 Å². The molecule has 2 rings (SSSR count). The van der Waals surface area contributed by atoms with Crippen molar-refractivity contribution in [2.75, 3.05) is 7.11 Å². The molecule has 0 heterocycles. The van der Waals surface area contributed by atoms with E-state index >= 15 is 0 Å². The molecule has 0 radical (unpaired) electrons. The third kappa shape index (κ3) is 3.99. The molecule has 1 nitrogen and oxygen atoms in total. The molecule has 0 saturated carbocycles. The van der Waals surface area contributed by atoms with E-state index in [2.05, 4.69) is 46.3 Å². The van der Waals surface area contributed by atoms with Crippen LogP contribution in [0, 0.1) is 0 Å². The van der Waals surface area contributed by atoms with Crippen molar-refractivity contribution < 1.29 is 4.74 Å². The Hall–Kier alpha value is -0.990. The Morgan fingerprint density at radius 1 is 1.16 bits per heavy atom. The van der Waals surface area contributed by atoms with Gasteiger partial charge in [-0.25, -0.2) is 0 Å². The summed E-state index contributed by atoms with van der Waals surface area (Å²) >= 11 is 9.76. The molecule has 0 aliphatic rings. The molecule has 0 fully saturated rings. The number of hydrogen-bond acceptors (Lipinski definition) is 1. The van der Waals surface area contributed by atoms with Crippen LogP contribution < -0.4 is 4.74 Å². The van der Waals surface area contributed by atoms with Crippen molar-refractivity contribution in [3.05, 3.63) is 64.7 Å². The van der Waals surface area contributed by atoms with Gasteiger partial charge in [-0.05, 0) is 36.1 Å². The number of aryl methyl sites for hydroxylation is 1. The minimum Gasteiger partial charge on any atom is -0.495 e. The van der Waals surface area contributed by atoms with Crippen molar-refractivity contribution in [2.24, 2.45) is 0 Å². The first-order chi connectivity index (χ1) is 9.20. The number of hydrogen-bond donors (Lipinski definition) is 0. The molecule has 2 aromatic carbocycles. The Morgan fingerprint density at radius 3 is 2.58 bits per heavy atom. The Labute approximate surface area is 127 Å². The van der Waals surface area contributed by atoms with Gasteiger partial charge >= 0.3 is 0 Å². The third-order valence-corrected chi connectivity index (χ3v) is 4.36. The summed E-state index contributed by atoms with van der Waals surface area (Å²) in [5.41, 5.74) is 2.55. The topological polar surface area (TPSA) is 9.23 Å². The lowest BCUT2D eigenvalue weighted by Gasteiger charge is -2.11. The number of halogens is 2. The van der Waals surface area contributed by atoms with Crippen LogP contribution in [0.5, 0.6) is 5.75 Å². The van der Waals surface area contributed by atoms with Crippen LogP contribution in [-0.4, -0.2) is 7.11 Å². The van der Waals surface area contributed by atoms with E-state index in [4.69, 9.17) is 16.3 Å². The molecule has 19 heavy (non-hydrogen) atoms. The average molecular weight is 340 g/mol. The summed E-state index contributed by atoms with van der Waals surface area (Å²) in [6.45, 7) is 0. The van der Waals surface area contributed by atoms with Crippen LogP contribution in [0.4, 0.5) is 0 Å². The fourth-order valence-corrected chi connectivity index (χ4v) is 2.71. The lowest BCUT2D eigenvalue weighted by atomic mass is 10.0. The minimum absolute atomic E-state index is 0.371. The van der Waals surface area contributed by atoms with Crippen molar-refractivity contribution in [2.45, 2.75) is 17.7 Å². The number of benzene rings is 2. The van der Waals surface area contributed by atoms with Gasteiger partial charge in [-0.3, -0.25) is 0 Å². The highest BCUT2D eigenvalue weighted by Gasteiger charge is 2.08. The van der Waals surface area contributed by atoms with E-state index in [0.717, 1.165) is 18.6 Å². The fraction of sp³-hybridized carbons (Fsp3) is 0.250. The first-order valence-corrected chi connectivity index (χ1v) is 7.51. The summed E-state index contributed by atoms with van der Waals surface area (Å²) in [6, 6.07) is 16.4. The number of methoxy groups -OCH3 is 1. The summed E-state index contributed by atoms with van der Waals surface area (Å²) in [4.78, 5) is 0.371. The van der Waals surface area contributed by atoms with Gasteiger partial charge in [0.1, 0.15) is 5.75 Å². The lowest BCUT2D eigenvalue weighted by Crippen LogP contribution is -1.94. The first-order valence-electron chi connectivity index (χ1n) is 6.22. The third-order valence-electron chi connectivity index (χ3n) is 3.06. The molecule has 1 unspecified atom stereocenters. The van der Waals surface area contributed by atoms with Gasteiger partial charge in [0.25, 0.3) is 0 Å². The summed E-state index contributed by atoms with van der Waals surface area (Å²) in [6.07, 6.45) is 2.02. The van der Waals surface area contributed by atoms with Crippen LogP contribution >= 0.6 is 27.5 Å². The number of alkyl halides is 1. The lowest BCUT2D eigenvalue weighted by molar-refractivity contribution is 0.414. The maximum Gasteiger partial charge on any atom is 0.137 e. The van der Waals surface area contributed by atoms with Gasteiger partial charge in [-0.1, -0.05) is 63.9 Å². The van der Waals surface area contributed by atoms with E-state index in [-0.39, 0.29) is 0 Å². The summed E-state index contributed by atoms with van der Waals surface area (Å²) in [5.74, 6) is 0.741. The molecular formula is C16H16BrClO. The van der Waals surface area contributed by atoms with Crippen LogP contribution in [0.2, 0.25) is 5.02 Å². The van der Waals surface area contributed by atoms with E-state index in [1.807, 2.05) is 18.2 Å². The maximum atomic E-state index is 6.02. The SMILES string of the molecule is COc1cc(CCC(Br)c2ccccc2)ccc1Cl. The van der Waals surface area contributed by atoms with Gasteiger partial charge in [0.05, 0.1) is 12.1 Å². The van der Waals surface area contributed by atoms with Gasteiger partial charge in [-0.2, -0.15) is 0 Å². The van der Waals surface area contributed by atoms with Crippen LogP contribution in [0.25, 0.3) is 0 Å². The number of ether oxygens (including phenoxy) is 1. The Balaban J connectivity index is 1.99. The second kappa shape index (κ2) is 6.97. The second-order valence-electron chi connectivity index (χ2n) is 4.39. The largest absolute Gasteiger partial charge is 0.495 e. The average Bonchev–Trinajstić information content (AvgIpc) is 2.47. The Kier molecular flexibility index (Phi) is 5.29. The van der Waals surface area contributed by atoms with E-state index in [0.29, 0.717) is 9.85 Å². The van der Waals surface area contributed by atoms with E-state index in [1.54, 1.807) is 7.11 Å². The summed E-state index contributed by atoms with van der Waals surface area (Å²) in [5, 5.41) is 0.657. The zero-order chi connectivity index (χ0) is 13.7. The molecule has 0 aliphatic carbocycles. The molecule has 0 aliphatic heterocycles. The smallest absolute Gasteiger partial charge is 0.137 e. The highest BCUT2D eigenvalue weighted by atomic mass is 79.9. The van der Waals surface area contributed by atoms with Crippen molar-refractivity contribution in [1.29, 1.82) is 0 Å². The quantitative estimate of drug-likeness (QED) is 0.661. The predicted molar refractivity (Wildman–Crippen MR) is 84.4 cm³/mol. The van der Waals surface area contributed by atoms with E-state index in [1.165, 1.54) is 11.1 Å². The first kappa shape index (κ1) is 14.4. The predicted octanol–water partition coefficient (Wildman–Crippen LogP) is 5.42. The van der Waals surface area contributed by atoms with Crippen LogP contribution in [0.3, 0.4) is 0 Å². The minimum atomic E-state index is 0.371. The molecular weight excluding hydrogens is 324 g/mol. The van der Waals surface area contributed by atoms with Crippen molar-refractivity contribution in [3.63, 3.8) is 0 Å². The molecule has 0 aromatic heterocycles. The van der Waals surface area contributed by atoms with E-state index < -0.39 is 0 Å². The molecule has 0 N–H and O–H groups in total. The van der Waals surface area contributed by atoms with Crippen LogP contribution in [0.15, 0.2) is 48.5 Å². The fourth-order valence-electron chi connectivity index (χ4n) is 1.98. The van der Waals surface area contributed by atoms with Crippen LogP contribution in [0.1, 0.15) is 22.4 Å². The molecule has 1 atom stereocenters. The van der Waals surface area contributed by atoms with Crippen LogP contribution in [-0.2, 0) is 6.42 Å². The Morgan fingerprint density at radius 2 is 1.89 bits per heavy atom. The highest BCUT2D eigenvalue weighted by Crippen LogP contribution is 2.30. The van der Waals surface area contributed by atoms with Gasteiger partial charge in [0.15, 0.2) is 0 Å². The molecule has 3 heteroatoms. The van der Waals surface area contributed by atoms with Crippen molar-refractivity contribution >= 4 is 27.5 Å². The standard InChI is InChI=1S/C16H16BrClO/c1-19-16-11-12(8-10-15(16)18)7-9-14(17)13-5-3-2-4-6-13/h2-6,8,10-11,14H,7,9H2,1H3. The normalized spacial score (nSPS) is 12.2. The number of rotatable bonds is 5. The maximum absolute atomic E-state index is 6.02. The molecule has 0 bridgehead atoms. The summed E-state index contributed by atoms with van der Waals surface area (Å²) < 4.78 is 5.23. The van der Waals surface area contributed by atoms with Gasteiger partial charge < -0.3 is 4.74 Å². The molecule has 0 amide bonds. The molecule has 0 spiro atoms. The zero-order valence-electron chi connectivity index (χ0n) is 10.8. The monoisotopic (exact) mass is 338 g/mol. The van der Waals surface area contributed by atoms with Crippen molar-refractivity contribution in [3.8, 4) is 5.75 Å². The Bertz CT molecular complexity index is 528. The van der Waals surface area contributed by atoms with E-state index in [9.17, 15) is 0 Å². The van der Waals surface area contributed by atoms with Gasteiger partial charge in [0, 0.05) is 4.83 Å². The van der Waals surface area contributed by atoms with Gasteiger partial charge in [-0.15, -0.1) is 0 Å². The second-order valence-corrected chi connectivity index (χ2v) is 5.90. The van der Waals surface area contributed by atoms with Crippen molar-refractivity contribution in [1.82, 2.24) is 0 Å².